The van der Waals surface area contributed by atoms with Crippen LogP contribution in [0, 0.1) is 0 Å². The topological polar surface area (TPSA) is 38.3 Å². The molecule has 1 unspecified atom stereocenters. The highest BCUT2D eigenvalue weighted by Gasteiger charge is 2.28. The van der Waals surface area contributed by atoms with Crippen LogP contribution in [0.3, 0.4) is 0 Å². The summed E-state index contributed by atoms with van der Waals surface area (Å²) in [6.07, 6.45) is 8.83. The van der Waals surface area contributed by atoms with Gasteiger partial charge in [0.1, 0.15) is 6.04 Å². The molecule has 0 amide bonds. The van der Waals surface area contributed by atoms with Crippen molar-refractivity contribution in [2.75, 3.05) is 12.9 Å². The van der Waals surface area contributed by atoms with E-state index in [4.69, 9.17) is 4.74 Å². The third-order valence-electron chi connectivity index (χ3n) is 3.56. The van der Waals surface area contributed by atoms with Gasteiger partial charge in [0.2, 0.25) is 0 Å². The van der Waals surface area contributed by atoms with Gasteiger partial charge in [-0.3, -0.25) is 4.79 Å². The van der Waals surface area contributed by atoms with Gasteiger partial charge in [0.05, 0.1) is 7.11 Å². The Kier molecular flexibility index (Phi) is 5.16. The van der Waals surface area contributed by atoms with Crippen molar-refractivity contribution in [3.05, 3.63) is 0 Å². The summed E-state index contributed by atoms with van der Waals surface area (Å²) in [5, 5.41) is 4.22. The number of esters is 1. The molecule has 0 heterocycles. The first kappa shape index (κ1) is 13.2. The highest BCUT2D eigenvalue weighted by Crippen LogP contribution is 2.30. The monoisotopic (exact) mass is 257 g/mol. The normalized spacial score (nSPS) is 22.6. The van der Waals surface area contributed by atoms with E-state index in [1.165, 1.54) is 45.6 Å². The highest BCUT2D eigenvalue weighted by atomic mass is 32.2. The van der Waals surface area contributed by atoms with Gasteiger partial charge in [-0.25, -0.2) is 0 Å². The summed E-state index contributed by atoms with van der Waals surface area (Å²) in [4.78, 5) is 11.6. The van der Waals surface area contributed by atoms with Crippen molar-refractivity contribution in [3.63, 3.8) is 0 Å². The molecule has 1 N–H and O–H groups in total. The number of thioether (sulfide) groups is 1. The molecule has 2 aliphatic carbocycles. The van der Waals surface area contributed by atoms with Crippen LogP contribution in [0.4, 0.5) is 0 Å². The van der Waals surface area contributed by atoms with Gasteiger partial charge in [-0.05, 0) is 37.9 Å². The fourth-order valence-corrected chi connectivity index (χ4v) is 3.73. The Morgan fingerprint density at radius 2 is 2.06 bits per heavy atom. The van der Waals surface area contributed by atoms with E-state index in [9.17, 15) is 4.79 Å². The van der Waals surface area contributed by atoms with E-state index in [0.29, 0.717) is 6.04 Å². The minimum Gasteiger partial charge on any atom is -0.468 e. The maximum atomic E-state index is 11.6. The molecule has 0 aliphatic heterocycles. The molecule has 2 fully saturated rings. The first-order valence-electron chi connectivity index (χ1n) is 6.75. The molecule has 4 heteroatoms. The summed E-state index contributed by atoms with van der Waals surface area (Å²) in [5.41, 5.74) is 0. The third-order valence-corrected chi connectivity index (χ3v) is 4.98. The molecule has 98 valence electrons. The van der Waals surface area contributed by atoms with Gasteiger partial charge in [-0.1, -0.05) is 12.8 Å². The van der Waals surface area contributed by atoms with Crippen molar-refractivity contribution in [1.82, 2.24) is 5.32 Å². The van der Waals surface area contributed by atoms with Crippen LogP contribution in [0.5, 0.6) is 0 Å². The van der Waals surface area contributed by atoms with Crippen molar-refractivity contribution in [2.24, 2.45) is 0 Å². The van der Waals surface area contributed by atoms with Crippen LogP contribution in [0.15, 0.2) is 0 Å². The standard InChI is InChI=1S/C13H23NO2S/c1-16-13(15)12(14-10-6-7-10)8-9-17-11-4-2-3-5-11/h10-12,14H,2-9H2,1H3. The Hall–Kier alpha value is -0.220. The summed E-state index contributed by atoms with van der Waals surface area (Å²) in [5.74, 6) is 0.980. The van der Waals surface area contributed by atoms with E-state index in [2.05, 4.69) is 5.32 Å². The second-order valence-electron chi connectivity index (χ2n) is 5.08. The summed E-state index contributed by atoms with van der Waals surface area (Å²) in [7, 11) is 1.48. The second kappa shape index (κ2) is 6.64. The molecular weight excluding hydrogens is 234 g/mol. The van der Waals surface area contributed by atoms with E-state index < -0.39 is 0 Å². The minimum atomic E-state index is -0.0936. The van der Waals surface area contributed by atoms with Gasteiger partial charge >= 0.3 is 5.97 Å². The van der Waals surface area contributed by atoms with E-state index in [-0.39, 0.29) is 12.0 Å². The zero-order valence-corrected chi connectivity index (χ0v) is 11.4. The highest BCUT2D eigenvalue weighted by molar-refractivity contribution is 7.99. The smallest absolute Gasteiger partial charge is 0.322 e. The lowest BCUT2D eigenvalue weighted by molar-refractivity contribution is -0.143. The van der Waals surface area contributed by atoms with Crippen LogP contribution >= 0.6 is 11.8 Å². The molecule has 0 aromatic rings. The first-order valence-corrected chi connectivity index (χ1v) is 7.80. The van der Waals surface area contributed by atoms with Gasteiger partial charge in [-0.2, -0.15) is 11.8 Å². The Morgan fingerprint density at radius 1 is 1.35 bits per heavy atom. The van der Waals surface area contributed by atoms with E-state index >= 15 is 0 Å². The van der Waals surface area contributed by atoms with Gasteiger partial charge in [0.25, 0.3) is 0 Å². The molecule has 0 spiro atoms. The average Bonchev–Trinajstić information content (AvgIpc) is 3.01. The Labute approximate surface area is 108 Å². The SMILES string of the molecule is COC(=O)C(CCSC1CCCC1)NC1CC1. The second-order valence-corrected chi connectivity index (χ2v) is 6.49. The molecule has 0 aromatic carbocycles. The van der Waals surface area contributed by atoms with Crippen LogP contribution in [0.25, 0.3) is 0 Å². The number of rotatable bonds is 7. The number of carbonyl (C=O) groups is 1. The van der Waals surface area contributed by atoms with Gasteiger partial charge in [0, 0.05) is 11.3 Å². The Balaban J connectivity index is 1.66. The number of nitrogens with one attached hydrogen (secondary N) is 1. The van der Waals surface area contributed by atoms with Crippen LogP contribution in [-0.2, 0) is 9.53 Å². The van der Waals surface area contributed by atoms with E-state index in [0.717, 1.165) is 17.4 Å². The predicted octanol–water partition coefficient (Wildman–Crippen LogP) is 2.35. The molecule has 2 saturated carbocycles. The van der Waals surface area contributed by atoms with Crippen LogP contribution in [0.1, 0.15) is 44.9 Å². The van der Waals surface area contributed by atoms with Gasteiger partial charge in [-0.15, -0.1) is 0 Å². The summed E-state index contributed by atoms with van der Waals surface area (Å²) in [6.45, 7) is 0. The lowest BCUT2D eigenvalue weighted by Crippen LogP contribution is -2.39. The maximum absolute atomic E-state index is 11.6. The number of hydrogen-bond acceptors (Lipinski definition) is 4. The molecular formula is C13H23NO2S. The van der Waals surface area contributed by atoms with Gasteiger partial charge < -0.3 is 10.1 Å². The molecule has 0 saturated heterocycles. The molecule has 1 atom stereocenters. The van der Waals surface area contributed by atoms with Crippen LogP contribution in [0.2, 0.25) is 0 Å². The largest absolute Gasteiger partial charge is 0.468 e. The van der Waals surface area contributed by atoms with Crippen molar-refractivity contribution in [2.45, 2.75) is 62.3 Å². The summed E-state index contributed by atoms with van der Waals surface area (Å²) in [6, 6.07) is 0.483. The summed E-state index contributed by atoms with van der Waals surface area (Å²) < 4.78 is 4.85. The van der Waals surface area contributed by atoms with Crippen LogP contribution < -0.4 is 5.32 Å². The zero-order chi connectivity index (χ0) is 12.1. The Bertz CT molecular complexity index is 250. The zero-order valence-electron chi connectivity index (χ0n) is 10.6. The van der Waals surface area contributed by atoms with Crippen molar-refractivity contribution < 1.29 is 9.53 Å². The van der Waals surface area contributed by atoms with Crippen molar-refractivity contribution in [1.29, 1.82) is 0 Å². The number of methoxy groups -OCH3 is 1. The molecule has 0 aromatic heterocycles. The molecule has 17 heavy (non-hydrogen) atoms. The quantitative estimate of drug-likeness (QED) is 0.711. The molecule has 0 radical (unpaired) electrons. The molecule has 2 rings (SSSR count). The predicted molar refractivity (Wildman–Crippen MR) is 71.3 cm³/mol. The van der Waals surface area contributed by atoms with Gasteiger partial charge in [0.15, 0.2) is 0 Å². The van der Waals surface area contributed by atoms with E-state index in [1.54, 1.807) is 0 Å². The number of hydrogen-bond donors (Lipinski definition) is 1. The average molecular weight is 257 g/mol. The van der Waals surface area contributed by atoms with Crippen molar-refractivity contribution >= 4 is 17.7 Å². The molecule has 3 nitrogen and oxygen atoms in total. The summed E-state index contributed by atoms with van der Waals surface area (Å²) >= 11 is 2.04. The molecule has 2 aliphatic rings. The molecule has 0 bridgehead atoms. The Morgan fingerprint density at radius 3 is 2.65 bits per heavy atom. The third kappa shape index (κ3) is 4.51. The van der Waals surface area contributed by atoms with Crippen molar-refractivity contribution in [3.8, 4) is 0 Å². The fourth-order valence-electron chi connectivity index (χ4n) is 2.35. The number of carbonyl (C=O) groups excluding carboxylic acids is 1. The lowest BCUT2D eigenvalue weighted by atomic mass is 10.2. The minimum absolute atomic E-state index is 0.0820. The van der Waals surface area contributed by atoms with Crippen LogP contribution in [-0.4, -0.2) is 36.2 Å². The fraction of sp³-hybridized carbons (Fsp3) is 0.923. The first-order chi connectivity index (χ1) is 8.29. The maximum Gasteiger partial charge on any atom is 0.322 e. The lowest BCUT2D eigenvalue weighted by Gasteiger charge is -2.17. The van der Waals surface area contributed by atoms with E-state index in [1.807, 2.05) is 11.8 Å². The number of ether oxygens (including phenoxy) is 1.